The number of hydrogen-bond acceptors (Lipinski definition) is 2. The molecule has 1 N–H and O–H groups in total. The SMILES string of the molecule is CCC(NC)c1ccccc1N(C)Cc1ccccc1F. The lowest BCUT2D eigenvalue weighted by Gasteiger charge is -2.26. The second kappa shape index (κ2) is 7.23. The topological polar surface area (TPSA) is 15.3 Å². The molecule has 3 heteroatoms. The predicted octanol–water partition coefficient (Wildman–Crippen LogP) is 4.13. The van der Waals surface area contributed by atoms with Crippen LogP contribution < -0.4 is 10.2 Å². The van der Waals surface area contributed by atoms with Gasteiger partial charge in [0.15, 0.2) is 0 Å². The Kier molecular flexibility index (Phi) is 5.34. The van der Waals surface area contributed by atoms with Crippen LogP contribution in [0.25, 0.3) is 0 Å². The molecule has 0 saturated heterocycles. The Bertz CT molecular complexity index is 579. The molecule has 2 aromatic carbocycles. The summed E-state index contributed by atoms with van der Waals surface area (Å²) in [4.78, 5) is 2.10. The number of rotatable bonds is 6. The van der Waals surface area contributed by atoms with Crippen LogP contribution in [-0.2, 0) is 6.54 Å². The van der Waals surface area contributed by atoms with Crippen molar-refractivity contribution in [1.82, 2.24) is 5.32 Å². The molecule has 1 atom stereocenters. The first-order valence-electron chi connectivity index (χ1n) is 7.38. The maximum Gasteiger partial charge on any atom is 0.128 e. The lowest BCUT2D eigenvalue weighted by Crippen LogP contribution is -2.23. The number of nitrogens with one attached hydrogen (secondary N) is 1. The van der Waals surface area contributed by atoms with E-state index in [2.05, 4.69) is 35.3 Å². The summed E-state index contributed by atoms with van der Waals surface area (Å²) < 4.78 is 13.8. The van der Waals surface area contributed by atoms with Crippen LogP contribution in [0.2, 0.25) is 0 Å². The molecule has 2 nitrogen and oxygen atoms in total. The Morgan fingerprint density at radius 3 is 2.43 bits per heavy atom. The van der Waals surface area contributed by atoms with Gasteiger partial charge in [-0.05, 0) is 31.2 Å². The van der Waals surface area contributed by atoms with Crippen LogP contribution in [0.15, 0.2) is 48.5 Å². The van der Waals surface area contributed by atoms with Crippen LogP contribution in [0, 0.1) is 5.82 Å². The molecular formula is C18H23FN2. The molecule has 2 rings (SSSR count). The second-order valence-corrected chi connectivity index (χ2v) is 5.26. The smallest absolute Gasteiger partial charge is 0.128 e. The van der Waals surface area contributed by atoms with Gasteiger partial charge in [-0.1, -0.05) is 43.3 Å². The fourth-order valence-corrected chi connectivity index (χ4v) is 2.68. The molecule has 0 heterocycles. The number of para-hydroxylation sites is 1. The first-order chi connectivity index (χ1) is 10.2. The van der Waals surface area contributed by atoms with E-state index in [9.17, 15) is 4.39 Å². The van der Waals surface area contributed by atoms with Crippen LogP contribution in [-0.4, -0.2) is 14.1 Å². The summed E-state index contributed by atoms with van der Waals surface area (Å²) in [6, 6.07) is 15.6. The van der Waals surface area contributed by atoms with Crippen molar-refractivity contribution in [2.24, 2.45) is 0 Å². The third-order valence-electron chi connectivity index (χ3n) is 3.85. The van der Waals surface area contributed by atoms with Crippen molar-refractivity contribution in [1.29, 1.82) is 0 Å². The van der Waals surface area contributed by atoms with Crippen molar-refractivity contribution in [2.75, 3.05) is 19.0 Å². The standard InChI is InChI=1S/C18H23FN2/c1-4-17(20-2)15-10-6-8-12-18(15)21(3)13-14-9-5-7-11-16(14)19/h5-12,17,20H,4,13H2,1-3H3. The zero-order valence-corrected chi connectivity index (χ0v) is 12.9. The minimum Gasteiger partial charge on any atom is -0.370 e. The van der Waals surface area contributed by atoms with E-state index >= 15 is 0 Å². The van der Waals surface area contributed by atoms with Crippen LogP contribution in [0.4, 0.5) is 10.1 Å². The van der Waals surface area contributed by atoms with Crippen molar-refractivity contribution in [2.45, 2.75) is 25.9 Å². The quantitative estimate of drug-likeness (QED) is 0.859. The van der Waals surface area contributed by atoms with Crippen molar-refractivity contribution < 1.29 is 4.39 Å². The van der Waals surface area contributed by atoms with Gasteiger partial charge in [0.25, 0.3) is 0 Å². The maximum absolute atomic E-state index is 13.8. The van der Waals surface area contributed by atoms with E-state index < -0.39 is 0 Å². The van der Waals surface area contributed by atoms with E-state index in [1.54, 1.807) is 6.07 Å². The van der Waals surface area contributed by atoms with E-state index in [1.807, 2.05) is 32.3 Å². The lowest BCUT2D eigenvalue weighted by molar-refractivity contribution is 0.574. The van der Waals surface area contributed by atoms with E-state index in [4.69, 9.17) is 0 Å². The van der Waals surface area contributed by atoms with Gasteiger partial charge in [0.2, 0.25) is 0 Å². The Labute approximate surface area is 126 Å². The van der Waals surface area contributed by atoms with Gasteiger partial charge in [0.05, 0.1) is 0 Å². The average molecular weight is 286 g/mol. The van der Waals surface area contributed by atoms with Gasteiger partial charge in [-0.15, -0.1) is 0 Å². The molecule has 2 aromatic rings. The maximum atomic E-state index is 13.8. The van der Waals surface area contributed by atoms with Gasteiger partial charge in [-0.25, -0.2) is 4.39 Å². The highest BCUT2D eigenvalue weighted by Gasteiger charge is 2.14. The van der Waals surface area contributed by atoms with E-state index in [0.717, 1.165) is 12.1 Å². The molecular weight excluding hydrogens is 263 g/mol. The minimum absolute atomic E-state index is 0.150. The number of halogens is 1. The van der Waals surface area contributed by atoms with Gasteiger partial charge in [-0.3, -0.25) is 0 Å². The lowest BCUT2D eigenvalue weighted by atomic mass is 10.0. The molecule has 0 fully saturated rings. The predicted molar refractivity (Wildman–Crippen MR) is 87.0 cm³/mol. The summed E-state index contributed by atoms with van der Waals surface area (Å²) in [6.07, 6.45) is 1.01. The zero-order valence-electron chi connectivity index (χ0n) is 12.9. The van der Waals surface area contributed by atoms with E-state index in [-0.39, 0.29) is 5.82 Å². The summed E-state index contributed by atoms with van der Waals surface area (Å²) in [5.74, 6) is -0.150. The molecule has 0 saturated carbocycles. The molecule has 112 valence electrons. The monoisotopic (exact) mass is 286 g/mol. The largest absolute Gasteiger partial charge is 0.370 e. The molecule has 1 unspecified atom stereocenters. The third kappa shape index (κ3) is 3.61. The van der Waals surface area contributed by atoms with Crippen LogP contribution >= 0.6 is 0 Å². The van der Waals surface area contributed by atoms with Gasteiger partial charge in [-0.2, -0.15) is 0 Å². The van der Waals surface area contributed by atoms with Crippen LogP contribution in [0.1, 0.15) is 30.5 Å². The Morgan fingerprint density at radius 1 is 1.10 bits per heavy atom. The highest BCUT2D eigenvalue weighted by atomic mass is 19.1. The van der Waals surface area contributed by atoms with Crippen LogP contribution in [0.3, 0.4) is 0 Å². The number of hydrogen-bond donors (Lipinski definition) is 1. The number of nitrogens with zero attached hydrogens (tertiary/aromatic N) is 1. The summed E-state index contributed by atoms with van der Waals surface area (Å²) in [5, 5.41) is 3.34. The number of benzene rings is 2. The highest BCUT2D eigenvalue weighted by Crippen LogP contribution is 2.28. The fraction of sp³-hybridized carbons (Fsp3) is 0.333. The molecule has 0 spiro atoms. The zero-order chi connectivity index (χ0) is 15.2. The van der Waals surface area contributed by atoms with Gasteiger partial charge >= 0.3 is 0 Å². The average Bonchev–Trinajstić information content (AvgIpc) is 2.51. The normalized spacial score (nSPS) is 12.2. The van der Waals surface area contributed by atoms with E-state index in [0.29, 0.717) is 18.2 Å². The summed E-state index contributed by atoms with van der Waals surface area (Å²) in [7, 11) is 3.98. The van der Waals surface area contributed by atoms with Crippen molar-refractivity contribution in [3.63, 3.8) is 0 Å². The van der Waals surface area contributed by atoms with Gasteiger partial charge < -0.3 is 10.2 Å². The Hall–Kier alpha value is -1.87. The minimum atomic E-state index is -0.150. The summed E-state index contributed by atoms with van der Waals surface area (Å²) >= 11 is 0. The van der Waals surface area contributed by atoms with Crippen molar-refractivity contribution in [3.05, 3.63) is 65.5 Å². The summed E-state index contributed by atoms with van der Waals surface area (Å²) in [5.41, 5.74) is 3.11. The van der Waals surface area contributed by atoms with Gasteiger partial charge in [0, 0.05) is 30.9 Å². The van der Waals surface area contributed by atoms with Crippen molar-refractivity contribution >= 4 is 5.69 Å². The molecule has 0 aromatic heterocycles. The molecule has 0 aliphatic heterocycles. The molecule has 0 amide bonds. The fourth-order valence-electron chi connectivity index (χ4n) is 2.68. The molecule has 0 radical (unpaired) electrons. The molecule has 0 aliphatic rings. The molecule has 0 aliphatic carbocycles. The number of anilines is 1. The van der Waals surface area contributed by atoms with Crippen LogP contribution in [0.5, 0.6) is 0 Å². The van der Waals surface area contributed by atoms with Crippen molar-refractivity contribution in [3.8, 4) is 0 Å². The first kappa shape index (κ1) is 15.5. The third-order valence-corrected chi connectivity index (χ3v) is 3.85. The second-order valence-electron chi connectivity index (χ2n) is 5.26. The summed E-state index contributed by atoms with van der Waals surface area (Å²) in [6.45, 7) is 2.72. The Morgan fingerprint density at radius 2 is 1.76 bits per heavy atom. The Balaban J connectivity index is 2.27. The van der Waals surface area contributed by atoms with E-state index in [1.165, 1.54) is 11.6 Å². The molecule has 0 bridgehead atoms. The van der Waals surface area contributed by atoms with Gasteiger partial charge in [0.1, 0.15) is 5.82 Å². The first-order valence-corrected chi connectivity index (χ1v) is 7.38. The highest BCUT2D eigenvalue weighted by molar-refractivity contribution is 5.54. The molecule has 21 heavy (non-hydrogen) atoms.